The molecule has 178 valence electrons. The lowest BCUT2D eigenvalue weighted by molar-refractivity contribution is 0.107. The number of benzene rings is 1. The van der Waals surface area contributed by atoms with Crippen LogP contribution in [0.25, 0.3) is 17.3 Å². The van der Waals surface area contributed by atoms with Crippen molar-refractivity contribution < 1.29 is 27.4 Å². The zero-order chi connectivity index (χ0) is 23.4. The topological polar surface area (TPSA) is 129 Å². The number of nitrogens with one attached hydrogen (secondary N) is 1. The quantitative estimate of drug-likeness (QED) is 0.456. The lowest BCUT2D eigenvalue weighted by Gasteiger charge is -2.19. The molecule has 0 amide bonds. The summed E-state index contributed by atoms with van der Waals surface area (Å²) in [5.74, 6) is 1.39. The second-order valence-corrected chi connectivity index (χ2v) is 9.83. The van der Waals surface area contributed by atoms with Gasteiger partial charge >= 0.3 is 0 Å². The first-order valence-corrected chi connectivity index (χ1v) is 12.5. The maximum atomic E-state index is 12.9. The molecule has 2 N–H and O–H groups in total. The lowest BCUT2D eigenvalue weighted by atomic mass is 9.99. The lowest BCUT2D eigenvalue weighted by Crippen LogP contribution is -2.25. The number of rotatable bonds is 10. The summed E-state index contributed by atoms with van der Waals surface area (Å²) in [5, 5.41) is 18.6. The Hall–Kier alpha value is -3.05. The van der Waals surface area contributed by atoms with Crippen LogP contribution in [0.4, 0.5) is 5.95 Å². The minimum atomic E-state index is -3.83. The number of ether oxygens (including phenoxy) is 2. The van der Waals surface area contributed by atoms with Gasteiger partial charge in [0.05, 0.1) is 32.3 Å². The van der Waals surface area contributed by atoms with E-state index in [-0.39, 0.29) is 29.9 Å². The molecular formula is C22H28N4O6S. The molecule has 0 unspecified atom stereocenters. The summed E-state index contributed by atoms with van der Waals surface area (Å²) < 4.78 is 46.3. The molecular weight excluding hydrogens is 448 g/mol. The summed E-state index contributed by atoms with van der Waals surface area (Å²) in [4.78, 5) is 0. The molecule has 2 heterocycles. The van der Waals surface area contributed by atoms with Gasteiger partial charge in [0, 0.05) is 0 Å². The van der Waals surface area contributed by atoms with Crippen molar-refractivity contribution in [3.63, 3.8) is 0 Å². The van der Waals surface area contributed by atoms with Gasteiger partial charge in [-0.3, -0.25) is 9.29 Å². The van der Waals surface area contributed by atoms with Crippen LogP contribution in [0.1, 0.15) is 32.1 Å². The molecule has 33 heavy (non-hydrogen) atoms. The van der Waals surface area contributed by atoms with Crippen molar-refractivity contribution in [1.82, 2.24) is 14.8 Å². The van der Waals surface area contributed by atoms with E-state index in [2.05, 4.69) is 14.9 Å². The van der Waals surface area contributed by atoms with Gasteiger partial charge in [-0.1, -0.05) is 18.9 Å². The normalized spacial score (nSPS) is 15.5. The Kier molecular flexibility index (Phi) is 6.89. The second-order valence-electron chi connectivity index (χ2n) is 7.99. The SMILES string of the molecule is COc1cccc(OC)c1-n1c(NS(=O)(=O)CC[C@@H](O)C2CCCC2)nnc1-c1ccco1. The molecule has 0 bridgehead atoms. The van der Waals surface area contributed by atoms with Crippen LogP contribution in [0, 0.1) is 5.92 Å². The van der Waals surface area contributed by atoms with Crippen LogP contribution >= 0.6 is 0 Å². The van der Waals surface area contributed by atoms with Crippen LogP contribution in [0.2, 0.25) is 0 Å². The van der Waals surface area contributed by atoms with Gasteiger partial charge in [-0.05, 0) is 49.4 Å². The van der Waals surface area contributed by atoms with E-state index in [1.54, 1.807) is 30.3 Å². The Morgan fingerprint density at radius 1 is 1.15 bits per heavy atom. The fraction of sp³-hybridized carbons (Fsp3) is 0.455. The maximum absolute atomic E-state index is 12.9. The Morgan fingerprint density at radius 3 is 2.45 bits per heavy atom. The van der Waals surface area contributed by atoms with Crippen LogP contribution in [0.5, 0.6) is 11.5 Å². The molecule has 0 radical (unpaired) electrons. The first-order chi connectivity index (χ1) is 15.9. The summed E-state index contributed by atoms with van der Waals surface area (Å²) in [5.41, 5.74) is 0.419. The molecule has 1 atom stereocenters. The largest absolute Gasteiger partial charge is 0.494 e. The monoisotopic (exact) mass is 476 g/mol. The van der Waals surface area contributed by atoms with Crippen LogP contribution in [-0.4, -0.2) is 54.4 Å². The van der Waals surface area contributed by atoms with E-state index in [9.17, 15) is 13.5 Å². The highest BCUT2D eigenvalue weighted by Gasteiger charge is 2.28. The number of hydrogen-bond acceptors (Lipinski definition) is 8. The molecule has 0 saturated heterocycles. The molecule has 4 rings (SSSR count). The van der Waals surface area contributed by atoms with Crippen LogP contribution in [0.3, 0.4) is 0 Å². The molecule has 1 saturated carbocycles. The Labute approximate surface area is 192 Å². The van der Waals surface area contributed by atoms with Gasteiger partial charge in [0.15, 0.2) is 5.76 Å². The number of hydrogen-bond donors (Lipinski definition) is 2. The second kappa shape index (κ2) is 9.84. The summed E-state index contributed by atoms with van der Waals surface area (Å²) >= 11 is 0. The maximum Gasteiger partial charge on any atom is 0.243 e. The van der Waals surface area contributed by atoms with E-state index in [0.29, 0.717) is 22.9 Å². The van der Waals surface area contributed by atoms with Gasteiger partial charge < -0.3 is 19.0 Å². The average molecular weight is 477 g/mol. The highest BCUT2D eigenvalue weighted by molar-refractivity contribution is 7.92. The molecule has 3 aromatic rings. The first kappa shape index (κ1) is 23.1. The molecule has 11 heteroatoms. The van der Waals surface area contributed by atoms with E-state index < -0.39 is 16.1 Å². The number of nitrogens with zero attached hydrogens (tertiary/aromatic N) is 3. The molecule has 1 fully saturated rings. The zero-order valence-electron chi connectivity index (χ0n) is 18.6. The standard InChI is InChI=1S/C22H28N4O6S/c1-30-17-9-5-10-18(31-2)20(17)26-21(19-11-6-13-32-19)23-24-22(26)25-33(28,29)14-12-16(27)15-7-3-4-8-15/h5-6,9-11,13,15-16,27H,3-4,7-8,12,14H2,1-2H3,(H,24,25)/t16-/m1/s1. The Bertz CT molecular complexity index is 1150. The van der Waals surface area contributed by atoms with Crippen LogP contribution in [0.15, 0.2) is 41.0 Å². The number of methoxy groups -OCH3 is 2. The summed E-state index contributed by atoms with van der Waals surface area (Å²) in [6.45, 7) is 0. The Morgan fingerprint density at radius 2 is 1.85 bits per heavy atom. The predicted octanol–water partition coefficient (Wildman–Crippen LogP) is 3.23. The van der Waals surface area contributed by atoms with Crippen LogP contribution < -0.4 is 14.2 Å². The van der Waals surface area contributed by atoms with E-state index in [1.807, 2.05) is 0 Å². The third-order valence-corrected chi connectivity index (χ3v) is 7.17. The number of para-hydroxylation sites is 1. The number of aliphatic hydroxyl groups is 1. The fourth-order valence-electron chi connectivity index (χ4n) is 4.22. The van der Waals surface area contributed by atoms with Crippen molar-refractivity contribution in [2.24, 2.45) is 5.92 Å². The molecule has 0 spiro atoms. The summed E-state index contributed by atoms with van der Waals surface area (Å²) in [6.07, 6.45) is 5.01. The third-order valence-electron chi connectivity index (χ3n) is 5.90. The van der Waals surface area contributed by atoms with Gasteiger partial charge in [0.25, 0.3) is 0 Å². The minimum Gasteiger partial charge on any atom is -0.494 e. The van der Waals surface area contributed by atoms with Crippen molar-refractivity contribution in [3.8, 4) is 28.8 Å². The van der Waals surface area contributed by atoms with E-state index >= 15 is 0 Å². The zero-order valence-corrected chi connectivity index (χ0v) is 19.4. The smallest absolute Gasteiger partial charge is 0.243 e. The molecule has 0 aliphatic heterocycles. The molecule has 1 aliphatic carbocycles. The van der Waals surface area contributed by atoms with Gasteiger partial charge in [-0.2, -0.15) is 0 Å². The van der Waals surface area contributed by atoms with Gasteiger partial charge in [0.2, 0.25) is 21.8 Å². The highest BCUT2D eigenvalue weighted by atomic mass is 32.2. The van der Waals surface area contributed by atoms with Gasteiger partial charge in [-0.25, -0.2) is 8.42 Å². The number of sulfonamides is 1. The van der Waals surface area contributed by atoms with Gasteiger partial charge in [0.1, 0.15) is 17.2 Å². The molecule has 10 nitrogen and oxygen atoms in total. The van der Waals surface area contributed by atoms with Crippen molar-refractivity contribution in [1.29, 1.82) is 0 Å². The van der Waals surface area contributed by atoms with Crippen molar-refractivity contribution in [3.05, 3.63) is 36.6 Å². The minimum absolute atomic E-state index is 0.0421. The van der Waals surface area contributed by atoms with E-state index in [1.165, 1.54) is 25.0 Å². The van der Waals surface area contributed by atoms with Crippen LogP contribution in [-0.2, 0) is 10.0 Å². The van der Waals surface area contributed by atoms with Crippen molar-refractivity contribution in [2.45, 2.75) is 38.2 Å². The fourth-order valence-corrected chi connectivity index (χ4v) is 5.29. The molecule has 1 aromatic carbocycles. The summed E-state index contributed by atoms with van der Waals surface area (Å²) in [6, 6.07) is 8.59. The Balaban J connectivity index is 1.68. The highest BCUT2D eigenvalue weighted by Crippen LogP contribution is 2.38. The predicted molar refractivity (Wildman–Crippen MR) is 122 cm³/mol. The third kappa shape index (κ3) is 4.98. The van der Waals surface area contributed by atoms with Crippen molar-refractivity contribution >= 4 is 16.0 Å². The number of furan rings is 1. The molecule has 1 aliphatic rings. The number of anilines is 1. The van der Waals surface area contributed by atoms with E-state index in [0.717, 1.165) is 25.7 Å². The first-order valence-electron chi connectivity index (χ1n) is 10.8. The summed E-state index contributed by atoms with van der Waals surface area (Å²) in [7, 11) is -0.823. The average Bonchev–Trinajstić information content (AvgIpc) is 3.58. The number of aromatic nitrogens is 3. The number of aliphatic hydroxyl groups excluding tert-OH is 1. The van der Waals surface area contributed by atoms with Crippen molar-refractivity contribution in [2.75, 3.05) is 24.7 Å². The molecule has 2 aromatic heterocycles. The van der Waals surface area contributed by atoms with Gasteiger partial charge in [-0.15, -0.1) is 10.2 Å². The van der Waals surface area contributed by atoms with E-state index in [4.69, 9.17) is 13.9 Å².